The van der Waals surface area contributed by atoms with E-state index in [1.165, 1.54) is 0 Å². The van der Waals surface area contributed by atoms with Crippen molar-refractivity contribution < 1.29 is 9.53 Å². The van der Waals surface area contributed by atoms with Crippen LogP contribution in [0.2, 0.25) is 0 Å². The monoisotopic (exact) mass is 242 g/mol. The lowest BCUT2D eigenvalue weighted by Gasteiger charge is -2.40. The summed E-state index contributed by atoms with van der Waals surface area (Å²) in [5, 5.41) is 3.47. The number of nitrogens with zero attached hydrogens (tertiary/aromatic N) is 1. The Hall–Kier alpha value is -0.770. The molecule has 0 aromatic carbocycles. The summed E-state index contributed by atoms with van der Waals surface area (Å²) >= 11 is 0. The van der Waals surface area contributed by atoms with E-state index >= 15 is 0 Å². The quantitative estimate of drug-likeness (QED) is 0.808. The van der Waals surface area contributed by atoms with Crippen LogP contribution in [0.4, 0.5) is 4.79 Å². The number of nitrogens with one attached hydrogen (secondary N) is 1. The topological polar surface area (TPSA) is 41.6 Å². The second kappa shape index (κ2) is 5.71. The van der Waals surface area contributed by atoms with Crippen LogP contribution in [0.1, 0.15) is 47.5 Å². The number of carbonyl (C=O) groups is 1. The van der Waals surface area contributed by atoms with E-state index in [2.05, 4.69) is 19.2 Å². The first-order valence-electron chi connectivity index (χ1n) is 6.60. The minimum Gasteiger partial charge on any atom is -0.444 e. The number of hydrogen-bond acceptors (Lipinski definition) is 3. The number of ether oxygens (including phenoxy) is 1. The van der Waals surface area contributed by atoms with Crippen molar-refractivity contribution in [1.29, 1.82) is 0 Å². The molecular formula is C13H26N2O2. The zero-order chi connectivity index (χ0) is 13.1. The molecule has 17 heavy (non-hydrogen) atoms. The zero-order valence-electron chi connectivity index (χ0n) is 11.7. The first kappa shape index (κ1) is 14.3. The maximum atomic E-state index is 12.1. The third-order valence-corrected chi connectivity index (χ3v) is 3.09. The lowest BCUT2D eigenvalue weighted by molar-refractivity contribution is 0.00684. The van der Waals surface area contributed by atoms with Gasteiger partial charge in [0.1, 0.15) is 5.60 Å². The molecule has 0 bridgehead atoms. The van der Waals surface area contributed by atoms with E-state index in [0.29, 0.717) is 6.04 Å². The molecule has 1 aliphatic heterocycles. The second-order valence-corrected chi connectivity index (χ2v) is 5.71. The fourth-order valence-electron chi connectivity index (χ4n) is 2.05. The van der Waals surface area contributed by atoms with E-state index in [1.807, 2.05) is 25.7 Å². The molecule has 0 aromatic heterocycles. The van der Waals surface area contributed by atoms with E-state index in [-0.39, 0.29) is 12.1 Å². The van der Waals surface area contributed by atoms with Crippen molar-refractivity contribution >= 4 is 6.09 Å². The summed E-state index contributed by atoms with van der Waals surface area (Å²) in [6.07, 6.45) is 1.82. The molecule has 2 atom stereocenters. The number of rotatable bonds is 2. The highest BCUT2D eigenvalue weighted by molar-refractivity contribution is 5.68. The van der Waals surface area contributed by atoms with Gasteiger partial charge in [-0.05, 0) is 33.6 Å². The molecular weight excluding hydrogens is 216 g/mol. The average Bonchev–Trinajstić information content (AvgIpc) is 2.25. The largest absolute Gasteiger partial charge is 0.444 e. The van der Waals surface area contributed by atoms with Gasteiger partial charge in [0, 0.05) is 25.2 Å². The van der Waals surface area contributed by atoms with Gasteiger partial charge in [-0.15, -0.1) is 0 Å². The van der Waals surface area contributed by atoms with Crippen LogP contribution in [0.5, 0.6) is 0 Å². The second-order valence-electron chi connectivity index (χ2n) is 5.71. The van der Waals surface area contributed by atoms with Crippen LogP contribution in [0, 0.1) is 0 Å². The summed E-state index contributed by atoms with van der Waals surface area (Å²) in [4.78, 5) is 14.0. The predicted molar refractivity (Wildman–Crippen MR) is 69.1 cm³/mol. The van der Waals surface area contributed by atoms with Crippen LogP contribution in [-0.2, 0) is 4.74 Å². The predicted octanol–water partition coefficient (Wildman–Crippen LogP) is 2.38. The van der Waals surface area contributed by atoms with Gasteiger partial charge in [-0.3, -0.25) is 0 Å². The molecule has 1 N–H and O–H groups in total. The van der Waals surface area contributed by atoms with Gasteiger partial charge >= 0.3 is 6.09 Å². The van der Waals surface area contributed by atoms with Gasteiger partial charge < -0.3 is 15.0 Å². The van der Waals surface area contributed by atoms with Crippen molar-refractivity contribution in [3.8, 4) is 0 Å². The van der Waals surface area contributed by atoms with Crippen molar-refractivity contribution in [1.82, 2.24) is 10.2 Å². The maximum absolute atomic E-state index is 12.1. The molecule has 0 saturated carbocycles. The fraction of sp³-hybridized carbons (Fsp3) is 0.923. The van der Waals surface area contributed by atoms with Gasteiger partial charge in [0.25, 0.3) is 0 Å². The van der Waals surface area contributed by atoms with Gasteiger partial charge in [-0.2, -0.15) is 0 Å². The van der Waals surface area contributed by atoms with Crippen molar-refractivity contribution in [2.24, 2.45) is 0 Å². The van der Waals surface area contributed by atoms with Crippen LogP contribution >= 0.6 is 0 Å². The molecule has 0 aromatic rings. The Morgan fingerprint density at radius 1 is 1.35 bits per heavy atom. The molecule has 1 rings (SSSR count). The molecule has 1 fully saturated rings. The van der Waals surface area contributed by atoms with Crippen molar-refractivity contribution in [2.45, 2.75) is 65.1 Å². The minimum absolute atomic E-state index is 0.177. The van der Waals surface area contributed by atoms with Crippen molar-refractivity contribution in [2.75, 3.05) is 13.1 Å². The smallest absolute Gasteiger partial charge is 0.410 e. The molecule has 1 amide bonds. The van der Waals surface area contributed by atoms with Crippen LogP contribution < -0.4 is 5.32 Å². The Bertz CT molecular complexity index is 261. The van der Waals surface area contributed by atoms with Gasteiger partial charge in [0.2, 0.25) is 0 Å². The Kier molecular flexibility index (Phi) is 4.80. The number of amides is 1. The van der Waals surface area contributed by atoms with Crippen LogP contribution in [0.15, 0.2) is 0 Å². The summed E-state index contributed by atoms with van der Waals surface area (Å²) in [7, 11) is 0. The molecule has 1 saturated heterocycles. The first-order chi connectivity index (χ1) is 7.87. The average molecular weight is 242 g/mol. The first-order valence-corrected chi connectivity index (χ1v) is 6.60. The Labute approximate surface area is 105 Å². The minimum atomic E-state index is -0.415. The third kappa shape index (κ3) is 4.19. The van der Waals surface area contributed by atoms with E-state index < -0.39 is 5.60 Å². The van der Waals surface area contributed by atoms with E-state index in [9.17, 15) is 4.79 Å². The molecule has 4 heteroatoms. The molecule has 1 aliphatic rings. The highest BCUT2D eigenvalue weighted by Gasteiger charge is 2.32. The number of carbonyl (C=O) groups excluding carboxylic acids is 1. The third-order valence-electron chi connectivity index (χ3n) is 3.09. The van der Waals surface area contributed by atoms with E-state index in [4.69, 9.17) is 4.74 Å². The Balaban J connectivity index is 2.66. The Morgan fingerprint density at radius 2 is 2.00 bits per heavy atom. The molecule has 4 nitrogen and oxygen atoms in total. The van der Waals surface area contributed by atoms with E-state index in [1.54, 1.807) is 0 Å². The highest BCUT2D eigenvalue weighted by atomic mass is 16.6. The Morgan fingerprint density at radius 3 is 2.47 bits per heavy atom. The summed E-state index contributed by atoms with van der Waals surface area (Å²) in [5.41, 5.74) is -0.415. The molecule has 0 radical (unpaired) electrons. The maximum Gasteiger partial charge on any atom is 0.410 e. The summed E-state index contributed by atoms with van der Waals surface area (Å²) in [6.45, 7) is 11.6. The molecule has 1 heterocycles. The zero-order valence-corrected chi connectivity index (χ0v) is 11.7. The SMILES string of the molecule is CC[C@@H]1CN(C(=O)OC(C)(C)C)[C@H](CC)CN1. The van der Waals surface area contributed by atoms with Gasteiger partial charge in [0.05, 0.1) is 0 Å². The highest BCUT2D eigenvalue weighted by Crippen LogP contribution is 2.17. The summed E-state index contributed by atoms with van der Waals surface area (Å²) in [6, 6.07) is 0.651. The van der Waals surface area contributed by atoms with Crippen LogP contribution in [-0.4, -0.2) is 41.8 Å². The van der Waals surface area contributed by atoms with Gasteiger partial charge in [-0.1, -0.05) is 13.8 Å². The lowest BCUT2D eigenvalue weighted by Crippen LogP contribution is -2.58. The lowest BCUT2D eigenvalue weighted by atomic mass is 10.1. The molecule has 0 aliphatic carbocycles. The van der Waals surface area contributed by atoms with Gasteiger partial charge in [-0.25, -0.2) is 4.79 Å². The van der Waals surface area contributed by atoms with Crippen LogP contribution in [0.3, 0.4) is 0 Å². The standard InChI is InChI=1S/C13H26N2O2/c1-6-10-9-15(11(7-2)8-14-10)12(16)17-13(3,4)5/h10-11,14H,6-9H2,1-5H3/t10-,11-/m1/s1. The molecule has 100 valence electrons. The van der Waals surface area contributed by atoms with Crippen molar-refractivity contribution in [3.63, 3.8) is 0 Å². The number of hydrogen-bond donors (Lipinski definition) is 1. The fourth-order valence-corrected chi connectivity index (χ4v) is 2.05. The molecule has 0 spiro atoms. The normalized spacial score (nSPS) is 25.8. The van der Waals surface area contributed by atoms with Crippen LogP contribution in [0.25, 0.3) is 0 Å². The summed E-state index contributed by atoms with van der Waals surface area (Å²) < 4.78 is 5.46. The molecule has 0 unspecified atom stereocenters. The van der Waals surface area contributed by atoms with Gasteiger partial charge in [0.15, 0.2) is 0 Å². The van der Waals surface area contributed by atoms with Crippen molar-refractivity contribution in [3.05, 3.63) is 0 Å². The number of piperazine rings is 1. The van der Waals surface area contributed by atoms with E-state index in [0.717, 1.165) is 25.9 Å². The summed E-state index contributed by atoms with van der Waals surface area (Å²) in [5.74, 6) is 0.